The summed E-state index contributed by atoms with van der Waals surface area (Å²) in [5, 5.41) is 3.71. The number of amides is 1. The topological polar surface area (TPSA) is 74.7 Å². The number of fused-ring (bicyclic) bond motifs is 1. The molecular formula is C19H28N4O3S. The van der Waals surface area contributed by atoms with Crippen LogP contribution < -0.4 is 5.32 Å². The molecule has 1 aromatic carbocycles. The number of carbonyl (C=O) groups excluding carboxylic acids is 1. The number of nitrogens with zero attached hydrogens (tertiary/aromatic N) is 3. The molecule has 0 aliphatic carbocycles. The average Bonchev–Trinajstić information content (AvgIpc) is 3.26. The van der Waals surface area contributed by atoms with E-state index in [1.54, 1.807) is 28.8 Å². The number of nitrogens with one attached hydrogen (secondary N) is 1. The zero-order valence-corrected chi connectivity index (χ0v) is 17.1. The Morgan fingerprint density at radius 1 is 1.19 bits per heavy atom. The first-order valence-electron chi connectivity index (χ1n) is 9.33. The Bertz CT molecular complexity index is 928. The van der Waals surface area contributed by atoms with E-state index < -0.39 is 10.0 Å². The van der Waals surface area contributed by atoms with Gasteiger partial charge in [-0.2, -0.15) is 0 Å². The van der Waals surface area contributed by atoms with Crippen LogP contribution >= 0.6 is 0 Å². The molecule has 0 unspecified atom stereocenters. The predicted octanol–water partition coefficient (Wildman–Crippen LogP) is 1.64. The summed E-state index contributed by atoms with van der Waals surface area (Å²) in [6.07, 6.45) is 3.47. The zero-order chi connectivity index (χ0) is 19.6. The maximum atomic E-state index is 12.5. The lowest BCUT2D eigenvalue weighted by molar-refractivity contribution is 0.0944. The van der Waals surface area contributed by atoms with Gasteiger partial charge >= 0.3 is 0 Å². The molecule has 0 atom stereocenters. The van der Waals surface area contributed by atoms with Gasteiger partial charge in [-0.3, -0.25) is 4.79 Å². The first-order valence-corrected chi connectivity index (χ1v) is 10.8. The molecule has 0 spiro atoms. The summed E-state index contributed by atoms with van der Waals surface area (Å²) in [6, 6.07) is 6.69. The van der Waals surface area contributed by atoms with Crippen LogP contribution in [0.15, 0.2) is 29.2 Å². The number of hydrogen-bond acceptors (Lipinski definition) is 4. The Hall–Kier alpha value is -1.90. The third-order valence-corrected chi connectivity index (χ3v) is 6.97. The summed E-state index contributed by atoms with van der Waals surface area (Å²) in [5.74, 6) is -0.132. The lowest BCUT2D eigenvalue weighted by atomic mass is 10.2. The number of sulfonamides is 1. The van der Waals surface area contributed by atoms with Crippen molar-refractivity contribution in [1.29, 1.82) is 0 Å². The number of hydrogen-bond donors (Lipinski definition) is 1. The minimum atomic E-state index is -3.50. The van der Waals surface area contributed by atoms with Crippen LogP contribution in [0.1, 0.15) is 29.8 Å². The van der Waals surface area contributed by atoms with Crippen LogP contribution in [0.2, 0.25) is 0 Å². The Labute approximate surface area is 161 Å². The van der Waals surface area contributed by atoms with Crippen molar-refractivity contribution >= 4 is 26.8 Å². The Morgan fingerprint density at radius 2 is 1.89 bits per heavy atom. The van der Waals surface area contributed by atoms with E-state index in [1.165, 1.54) is 31.2 Å². The van der Waals surface area contributed by atoms with Crippen LogP contribution in [0.25, 0.3) is 10.9 Å². The molecule has 1 amide bonds. The number of aromatic nitrogens is 1. The Balaban J connectivity index is 1.70. The number of aryl methyl sites for hydroxylation is 1. The number of likely N-dealkylation sites (tertiary alicyclic amines) is 1. The highest BCUT2D eigenvalue weighted by Crippen LogP contribution is 2.23. The van der Waals surface area contributed by atoms with Gasteiger partial charge in [0.15, 0.2) is 0 Å². The van der Waals surface area contributed by atoms with Crippen molar-refractivity contribution in [3.05, 3.63) is 30.0 Å². The van der Waals surface area contributed by atoms with Gasteiger partial charge in [0, 0.05) is 38.6 Å². The van der Waals surface area contributed by atoms with E-state index >= 15 is 0 Å². The highest BCUT2D eigenvalue weighted by Gasteiger charge is 2.20. The van der Waals surface area contributed by atoms with Crippen molar-refractivity contribution in [1.82, 2.24) is 19.1 Å². The summed E-state index contributed by atoms with van der Waals surface area (Å²) in [6.45, 7) is 3.98. The first-order chi connectivity index (χ1) is 12.8. The minimum absolute atomic E-state index is 0.132. The van der Waals surface area contributed by atoms with Gasteiger partial charge in [-0.1, -0.05) is 0 Å². The fourth-order valence-electron chi connectivity index (χ4n) is 3.52. The maximum absolute atomic E-state index is 12.5. The molecule has 3 rings (SSSR count). The van der Waals surface area contributed by atoms with Gasteiger partial charge in [0.1, 0.15) is 5.69 Å². The molecule has 7 nitrogen and oxygen atoms in total. The van der Waals surface area contributed by atoms with Crippen molar-refractivity contribution in [2.45, 2.75) is 24.2 Å². The smallest absolute Gasteiger partial charge is 0.267 e. The Kier molecular flexibility index (Phi) is 5.88. The molecule has 27 heavy (non-hydrogen) atoms. The lowest BCUT2D eigenvalue weighted by Crippen LogP contribution is -2.29. The molecule has 1 saturated heterocycles. The second kappa shape index (κ2) is 8.00. The zero-order valence-electron chi connectivity index (χ0n) is 16.2. The minimum Gasteiger partial charge on any atom is -0.351 e. The molecule has 0 bridgehead atoms. The average molecular weight is 393 g/mol. The second-order valence-corrected chi connectivity index (χ2v) is 9.41. The van der Waals surface area contributed by atoms with E-state index in [1.807, 2.05) is 7.05 Å². The number of benzene rings is 1. The molecule has 1 aromatic heterocycles. The van der Waals surface area contributed by atoms with E-state index in [9.17, 15) is 13.2 Å². The van der Waals surface area contributed by atoms with Crippen LogP contribution in [0.5, 0.6) is 0 Å². The van der Waals surface area contributed by atoms with Crippen molar-refractivity contribution in [3.63, 3.8) is 0 Å². The molecule has 0 saturated carbocycles. The largest absolute Gasteiger partial charge is 0.351 e. The molecule has 1 aliphatic heterocycles. The van der Waals surface area contributed by atoms with Gasteiger partial charge < -0.3 is 14.8 Å². The highest BCUT2D eigenvalue weighted by atomic mass is 32.2. The molecule has 1 aliphatic rings. The predicted molar refractivity (Wildman–Crippen MR) is 106 cm³/mol. The quantitative estimate of drug-likeness (QED) is 0.727. The van der Waals surface area contributed by atoms with Crippen molar-refractivity contribution < 1.29 is 13.2 Å². The normalized spacial score (nSPS) is 15.7. The van der Waals surface area contributed by atoms with Crippen LogP contribution in [-0.2, 0) is 17.1 Å². The third kappa shape index (κ3) is 4.17. The molecule has 2 aromatic rings. The van der Waals surface area contributed by atoms with E-state index in [0.29, 0.717) is 12.2 Å². The van der Waals surface area contributed by atoms with Gasteiger partial charge in [-0.05, 0) is 63.2 Å². The highest BCUT2D eigenvalue weighted by molar-refractivity contribution is 7.89. The van der Waals surface area contributed by atoms with Gasteiger partial charge in [-0.15, -0.1) is 0 Å². The van der Waals surface area contributed by atoms with E-state index in [2.05, 4.69) is 10.2 Å². The van der Waals surface area contributed by atoms with Crippen molar-refractivity contribution in [2.24, 2.45) is 7.05 Å². The molecule has 1 N–H and O–H groups in total. The Morgan fingerprint density at radius 3 is 2.56 bits per heavy atom. The summed E-state index contributed by atoms with van der Waals surface area (Å²) in [4.78, 5) is 15.2. The van der Waals surface area contributed by atoms with Gasteiger partial charge in [0.2, 0.25) is 10.0 Å². The summed E-state index contributed by atoms with van der Waals surface area (Å²) in [7, 11) is 1.33. The molecule has 1 fully saturated rings. The maximum Gasteiger partial charge on any atom is 0.267 e. The van der Waals surface area contributed by atoms with Gasteiger partial charge in [0.05, 0.1) is 4.90 Å². The van der Waals surface area contributed by atoms with Gasteiger partial charge in [0.25, 0.3) is 5.91 Å². The fourth-order valence-corrected chi connectivity index (χ4v) is 4.46. The summed E-state index contributed by atoms with van der Waals surface area (Å²) < 4.78 is 27.6. The first kappa shape index (κ1) is 19.9. The monoisotopic (exact) mass is 392 g/mol. The SMILES string of the molecule is CN(C)S(=O)(=O)c1ccc2c(c1)cc(C(=O)NCCCN1CCCC1)n2C. The standard InChI is InChI=1S/C19H28N4O3S/c1-21(2)27(25,26)16-7-8-17-15(13-16)14-18(22(17)3)19(24)20-9-6-12-23-10-4-5-11-23/h7-8,13-14H,4-6,9-12H2,1-3H3,(H,20,24). The van der Waals surface area contributed by atoms with E-state index in [4.69, 9.17) is 0 Å². The van der Waals surface area contributed by atoms with E-state index in [0.717, 1.165) is 37.0 Å². The molecular weight excluding hydrogens is 364 g/mol. The second-order valence-electron chi connectivity index (χ2n) is 7.25. The van der Waals surface area contributed by atoms with E-state index in [-0.39, 0.29) is 10.8 Å². The molecule has 0 radical (unpaired) electrons. The fraction of sp³-hybridized carbons (Fsp3) is 0.526. The van der Waals surface area contributed by atoms with Crippen molar-refractivity contribution in [3.8, 4) is 0 Å². The summed E-state index contributed by atoms with van der Waals surface area (Å²) in [5.41, 5.74) is 1.36. The van der Waals surface area contributed by atoms with Crippen LogP contribution in [0, 0.1) is 0 Å². The summed E-state index contributed by atoms with van der Waals surface area (Å²) >= 11 is 0. The third-order valence-electron chi connectivity index (χ3n) is 5.16. The van der Waals surface area contributed by atoms with Gasteiger partial charge in [-0.25, -0.2) is 12.7 Å². The lowest BCUT2D eigenvalue weighted by Gasteiger charge is -2.14. The van der Waals surface area contributed by atoms with Crippen LogP contribution in [0.3, 0.4) is 0 Å². The number of carbonyl (C=O) groups is 1. The van der Waals surface area contributed by atoms with Crippen LogP contribution in [-0.4, -0.2) is 68.4 Å². The number of rotatable bonds is 7. The molecule has 8 heteroatoms. The molecule has 2 heterocycles. The van der Waals surface area contributed by atoms with Crippen molar-refractivity contribution in [2.75, 3.05) is 40.3 Å². The van der Waals surface area contributed by atoms with Crippen LogP contribution in [0.4, 0.5) is 0 Å². The molecule has 148 valence electrons.